The van der Waals surface area contributed by atoms with Gasteiger partial charge in [-0.2, -0.15) is 23.1 Å². The zero-order valence-corrected chi connectivity index (χ0v) is 30.1. The van der Waals surface area contributed by atoms with Crippen LogP contribution in [0.25, 0.3) is 32.9 Å². The molecule has 2 bridgehead atoms. The van der Waals surface area contributed by atoms with Crippen LogP contribution in [0.15, 0.2) is 30.3 Å². The molecule has 0 radical (unpaired) electrons. The molecule has 2 unspecified atom stereocenters. The van der Waals surface area contributed by atoms with Crippen LogP contribution in [-0.2, 0) is 11.2 Å². The summed E-state index contributed by atoms with van der Waals surface area (Å²) < 4.78 is 78.2. The third-order valence-corrected chi connectivity index (χ3v) is 12.7. The first-order valence-electron chi connectivity index (χ1n) is 19.1. The Balaban J connectivity index is 0.000000325. The molecule has 2 aromatic heterocycles. The molecule has 10 rings (SSSR count). The molecule has 6 aliphatic rings. The molecule has 5 fully saturated rings. The standard InChI is InChI=1S/C34H36F2N6O.C6H9F3O/c1-19-23(35)9-7-20-5-2-6-22(27(19)20)30-29(36)31-28-25(38-30)11-12-26-24-10-8-21(37-24)17-42(26)32(28)40-33(39-31)43-18-34-13-3-15-41(34)16-4-14-34;1-10-5(4-2-3-4)6(7,8)9/h2,5-7,9,21,24,26,37H,3-4,8,10-18H2,1H3;4-5H,2-3H2,1H3/t21-,24-,26?;/m0./s1. The van der Waals surface area contributed by atoms with Gasteiger partial charge in [-0.3, -0.25) is 4.90 Å². The number of methoxy groups -OCH3 is 1. The quantitative estimate of drug-likeness (QED) is 0.202. The van der Waals surface area contributed by atoms with E-state index in [2.05, 4.69) is 19.9 Å². The van der Waals surface area contributed by atoms with Crippen molar-refractivity contribution in [2.75, 3.05) is 38.3 Å². The molecule has 0 spiro atoms. The summed E-state index contributed by atoms with van der Waals surface area (Å²) in [6.07, 6.45) is 4.05. The van der Waals surface area contributed by atoms with Gasteiger partial charge in [-0.15, -0.1) is 0 Å². The summed E-state index contributed by atoms with van der Waals surface area (Å²) in [5.41, 5.74) is 2.38. The van der Waals surface area contributed by atoms with Crippen molar-refractivity contribution in [2.45, 2.75) is 107 Å². The topological polar surface area (TPSA) is 75.6 Å². The average Bonchev–Trinajstić information content (AvgIpc) is 3.63. The van der Waals surface area contributed by atoms with Crippen molar-refractivity contribution < 1.29 is 31.4 Å². The summed E-state index contributed by atoms with van der Waals surface area (Å²) in [5, 5.41) is 6.04. The van der Waals surface area contributed by atoms with Gasteiger partial charge in [0, 0.05) is 37.3 Å². The van der Waals surface area contributed by atoms with Gasteiger partial charge in [-0.05, 0) is 113 Å². The molecule has 282 valence electrons. The molecule has 2 aromatic carbocycles. The van der Waals surface area contributed by atoms with Crippen LogP contribution in [-0.4, -0.2) is 89.1 Å². The number of nitrogens with one attached hydrogen (secondary N) is 1. The smallest absolute Gasteiger partial charge is 0.414 e. The molecular weight excluding hydrogens is 691 g/mol. The Bertz CT molecular complexity index is 2050. The van der Waals surface area contributed by atoms with Gasteiger partial charge < -0.3 is 19.7 Å². The lowest BCUT2D eigenvalue weighted by atomic mass is 9.95. The summed E-state index contributed by atoms with van der Waals surface area (Å²) in [6, 6.07) is 10.1. The number of benzene rings is 2. The largest absolute Gasteiger partial charge is 0.461 e. The van der Waals surface area contributed by atoms with Crippen molar-refractivity contribution in [1.82, 2.24) is 25.2 Å². The van der Waals surface area contributed by atoms with Crippen LogP contribution < -0.4 is 15.0 Å². The third-order valence-electron chi connectivity index (χ3n) is 12.7. The Hall–Kier alpha value is -3.68. The van der Waals surface area contributed by atoms with Crippen molar-refractivity contribution >= 4 is 27.5 Å². The second-order valence-corrected chi connectivity index (χ2v) is 15.9. The highest BCUT2D eigenvalue weighted by atomic mass is 19.4. The second-order valence-electron chi connectivity index (χ2n) is 15.9. The monoisotopic (exact) mass is 736 g/mol. The van der Waals surface area contributed by atoms with Crippen molar-refractivity contribution in [2.24, 2.45) is 5.92 Å². The summed E-state index contributed by atoms with van der Waals surface area (Å²) in [6.45, 7) is 5.31. The van der Waals surface area contributed by atoms with Crippen LogP contribution >= 0.6 is 0 Å². The molecule has 8 nitrogen and oxygen atoms in total. The van der Waals surface area contributed by atoms with E-state index in [1.54, 1.807) is 13.0 Å². The fourth-order valence-electron chi connectivity index (χ4n) is 9.99. The van der Waals surface area contributed by atoms with Crippen LogP contribution in [0.2, 0.25) is 0 Å². The molecule has 1 N–H and O–H groups in total. The number of piperazine rings is 1. The van der Waals surface area contributed by atoms with E-state index in [1.807, 2.05) is 18.2 Å². The Morgan fingerprint density at radius 1 is 0.962 bits per heavy atom. The normalized spacial score (nSPS) is 25.2. The minimum Gasteiger partial charge on any atom is -0.461 e. The minimum absolute atomic E-state index is 0.0286. The van der Waals surface area contributed by atoms with Gasteiger partial charge in [0.2, 0.25) is 0 Å². The number of anilines is 1. The highest BCUT2D eigenvalue weighted by Crippen LogP contribution is 2.44. The molecule has 1 aliphatic carbocycles. The molecule has 53 heavy (non-hydrogen) atoms. The third kappa shape index (κ3) is 6.10. The first kappa shape index (κ1) is 35.0. The van der Waals surface area contributed by atoms with E-state index in [0.717, 1.165) is 75.7 Å². The number of pyridine rings is 1. The fourth-order valence-corrected chi connectivity index (χ4v) is 9.99. The molecule has 4 atom stereocenters. The zero-order chi connectivity index (χ0) is 36.6. The molecule has 1 saturated carbocycles. The van der Waals surface area contributed by atoms with Gasteiger partial charge in [-0.1, -0.05) is 24.3 Å². The lowest BCUT2D eigenvalue weighted by Gasteiger charge is -2.41. The first-order valence-corrected chi connectivity index (χ1v) is 19.1. The predicted octanol–water partition coefficient (Wildman–Crippen LogP) is 7.67. The van der Waals surface area contributed by atoms with E-state index < -0.39 is 18.1 Å². The maximum atomic E-state index is 17.0. The van der Waals surface area contributed by atoms with Gasteiger partial charge in [0.05, 0.1) is 16.6 Å². The van der Waals surface area contributed by atoms with E-state index in [4.69, 9.17) is 19.7 Å². The molecule has 4 saturated heterocycles. The number of aromatic nitrogens is 3. The number of nitrogens with zero attached hydrogens (tertiary/aromatic N) is 5. The number of rotatable bonds is 6. The second kappa shape index (κ2) is 13.3. The Kier molecular flexibility index (Phi) is 8.77. The van der Waals surface area contributed by atoms with Gasteiger partial charge in [0.15, 0.2) is 11.9 Å². The lowest BCUT2D eigenvalue weighted by Crippen LogP contribution is -2.58. The van der Waals surface area contributed by atoms with E-state index in [1.165, 1.54) is 18.9 Å². The minimum atomic E-state index is -4.17. The van der Waals surface area contributed by atoms with Crippen molar-refractivity contribution in [3.05, 3.63) is 53.2 Å². The number of hydrogen-bond donors (Lipinski definition) is 1. The number of hydrogen-bond acceptors (Lipinski definition) is 8. The summed E-state index contributed by atoms with van der Waals surface area (Å²) in [5.74, 6) is -0.334. The van der Waals surface area contributed by atoms with Crippen LogP contribution in [0.5, 0.6) is 6.01 Å². The summed E-state index contributed by atoms with van der Waals surface area (Å²) in [4.78, 5) is 19.8. The number of alkyl halides is 3. The lowest BCUT2D eigenvalue weighted by molar-refractivity contribution is -0.218. The number of ether oxygens (including phenoxy) is 2. The van der Waals surface area contributed by atoms with Gasteiger partial charge >= 0.3 is 12.2 Å². The SMILES string of the molecule is COC(C1CC1)C(F)(F)F.Cc1c(F)ccc2cccc(-c3nc4c5c(nc(OCC67CCCN6CCC7)nc5c3F)N3C[C@@H]5CC[C@H](N5)C3CC4)c12. The van der Waals surface area contributed by atoms with Gasteiger partial charge in [0.25, 0.3) is 0 Å². The maximum Gasteiger partial charge on any atom is 0.414 e. The van der Waals surface area contributed by atoms with Crippen LogP contribution in [0.4, 0.5) is 27.8 Å². The van der Waals surface area contributed by atoms with Gasteiger partial charge in [0.1, 0.15) is 29.5 Å². The van der Waals surface area contributed by atoms with E-state index in [0.29, 0.717) is 59.9 Å². The fraction of sp³-hybridized carbons (Fsp3) is 0.575. The van der Waals surface area contributed by atoms with Crippen LogP contribution in [0.3, 0.4) is 0 Å². The molecule has 7 heterocycles. The average molecular weight is 737 g/mol. The van der Waals surface area contributed by atoms with Crippen molar-refractivity contribution in [1.29, 1.82) is 0 Å². The number of halogens is 5. The number of aryl methyl sites for hydroxylation is 2. The van der Waals surface area contributed by atoms with Crippen molar-refractivity contribution in [3.8, 4) is 17.3 Å². The highest BCUT2D eigenvalue weighted by molar-refractivity contribution is 6.01. The summed E-state index contributed by atoms with van der Waals surface area (Å²) in [7, 11) is 1.11. The first-order chi connectivity index (χ1) is 25.5. The van der Waals surface area contributed by atoms with Crippen LogP contribution in [0, 0.1) is 24.5 Å². The Morgan fingerprint density at radius 2 is 1.75 bits per heavy atom. The van der Waals surface area contributed by atoms with E-state index in [9.17, 15) is 17.6 Å². The molecule has 5 aliphatic heterocycles. The Morgan fingerprint density at radius 3 is 2.47 bits per heavy atom. The molecular formula is C40H45F5N6O2. The van der Waals surface area contributed by atoms with E-state index >= 15 is 4.39 Å². The Labute approximate surface area is 305 Å². The molecule has 4 aromatic rings. The molecule has 13 heteroatoms. The van der Waals surface area contributed by atoms with Crippen LogP contribution in [0.1, 0.15) is 69.0 Å². The van der Waals surface area contributed by atoms with Gasteiger partial charge in [-0.25, -0.2) is 13.8 Å². The predicted molar refractivity (Wildman–Crippen MR) is 192 cm³/mol. The number of fused-ring (bicyclic) bond motifs is 7. The highest BCUT2D eigenvalue weighted by Gasteiger charge is 2.49. The molecule has 0 amide bonds. The van der Waals surface area contributed by atoms with E-state index in [-0.39, 0.29) is 40.5 Å². The maximum absolute atomic E-state index is 17.0. The zero-order valence-electron chi connectivity index (χ0n) is 30.1. The summed E-state index contributed by atoms with van der Waals surface area (Å²) >= 11 is 0. The van der Waals surface area contributed by atoms with Crippen molar-refractivity contribution in [3.63, 3.8) is 0 Å².